The summed E-state index contributed by atoms with van der Waals surface area (Å²) in [6.45, 7) is 4.88. The number of nitrogens with two attached hydrogens (primary N) is 1. The number of rotatable bonds is 7. The van der Waals surface area contributed by atoms with E-state index < -0.39 is 0 Å². The van der Waals surface area contributed by atoms with Gasteiger partial charge in [-0.15, -0.1) is 0 Å². The Hall–Kier alpha value is -1.46. The van der Waals surface area contributed by atoms with E-state index in [-0.39, 0.29) is 0 Å². The van der Waals surface area contributed by atoms with Crippen LogP contribution < -0.4 is 11.1 Å². The SMILES string of the molecule is CCCC(CN)Nc1nc(Cc2cccc(C)c2)ns1. The Bertz CT molecular complexity index is 538. The van der Waals surface area contributed by atoms with Gasteiger partial charge in [-0.1, -0.05) is 43.2 Å². The molecule has 5 heteroatoms. The molecule has 20 heavy (non-hydrogen) atoms. The first-order valence-corrected chi connectivity index (χ1v) is 7.83. The lowest BCUT2D eigenvalue weighted by atomic mass is 10.1. The van der Waals surface area contributed by atoms with Crippen LogP contribution >= 0.6 is 11.5 Å². The molecule has 4 nitrogen and oxygen atoms in total. The summed E-state index contributed by atoms with van der Waals surface area (Å²) in [5, 5.41) is 4.24. The Balaban J connectivity index is 1.98. The minimum Gasteiger partial charge on any atom is -0.356 e. The number of hydrogen-bond donors (Lipinski definition) is 2. The van der Waals surface area contributed by atoms with Gasteiger partial charge >= 0.3 is 0 Å². The molecule has 108 valence electrons. The van der Waals surface area contributed by atoms with Crippen LogP contribution in [-0.4, -0.2) is 21.9 Å². The van der Waals surface area contributed by atoms with Gasteiger partial charge in [0.2, 0.25) is 5.13 Å². The minimum absolute atomic E-state index is 0.291. The molecule has 1 aromatic heterocycles. The number of hydrogen-bond acceptors (Lipinski definition) is 5. The zero-order chi connectivity index (χ0) is 14.4. The summed E-state index contributed by atoms with van der Waals surface area (Å²) in [4.78, 5) is 4.55. The van der Waals surface area contributed by atoms with Crippen LogP contribution in [0.2, 0.25) is 0 Å². The van der Waals surface area contributed by atoms with E-state index in [1.165, 1.54) is 22.7 Å². The molecular formula is C15H22N4S. The summed E-state index contributed by atoms with van der Waals surface area (Å²) < 4.78 is 4.42. The maximum absolute atomic E-state index is 5.75. The van der Waals surface area contributed by atoms with E-state index in [0.29, 0.717) is 12.6 Å². The van der Waals surface area contributed by atoms with Crippen molar-refractivity contribution in [3.05, 3.63) is 41.2 Å². The summed E-state index contributed by atoms with van der Waals surface area (Å²) in [5.41, 5.74) is 8.26. The quantitative estimate of drug-likeness (QED) is 0.823. The molecule has 0 aliphatic heterocycles. The molecule has 0 bridgehead atoms. The van der Waals surface area contributed by atoms with Crippen molar-refractivity contribution >= 4 is 16.7 Å². The van der Waals surface area contributed by atoms with Gasteiger partial charge in [-0.05, 0) is 18.9 Å². The summed E-state index contributed by atoms with van der Waals surface area (Å²) in [6.07, 6.45) is 2.95. The number of nitrogens with one attached hydrogen (secondary N) is 1. The molecule has 0 aliphatic rings. The van der Waals surface area contributed by atoms with E-state index in [1.807, 2.05) is 0 Å². The third-order valence-corrected chi connectivity index (χ3v) is 3.85. The van der Waals surface area contributed by atoms with E-state index >= 15 is 0 Å². The highest BCUT2D eigenvalue weighted by molar-refractivity contribution is 7.09. The number of aromatic nitrogens is 2. The lowest BCUT2D eigenvalue weighted by molar-refractivity contribution is 0.647. The fourth-order valence-electron chi connectivity index (χ4n) is 2.16. The Morgan fingerprint density at radius 3 is 2.95 bits per heavy atom. The van der Waals surface area contributed by atoms with Crippen molar-refractivity contribution in [1.29, 1.82) is 0 Å². The smallest absolute Gasteiger partial charge is 0.202 e. The highest BCUT2D eigenvalue weighted by Gasteiger charge is 2.10. The van der Waals surface area contributed by atoms with Gasteiger partial charge in [0.25, 0.3) is 0 Å². The van der Waals surface area contributed by atoms with Gasteiger partial charge in [0.15, 0.2) is 0 Å². The molecule has 0 saturated heterocycles. The Labute approximate surface area is 124 Å². The molecule has 1 unspecified atom stereocenters. The van der Waals surface area contributed by atoms with Crippen LogP contribution in [0.3, 0.4) is 0 Å². The average Bonchev–Trinajstić information content (AvgIpc) is 2.85. The Morgan fingerprint density at radius 2 is 2.25 bits per heavy atom. The van der Waals surface area contributed by atoms with E-state index in [0.717, 1.165) is 30.2 Å². The second-order valence-corrected chi connectivity index (χ2v) is 5.80. The summed E-state index contributed by atoms with van der Waals surface area (Å²) >= 11 is 1.41. The molecular weight excluding hydrogens is 268 g/mol. The fourth-order valence-corrected chi connectivity index (χ4v) is 2.82. The van der Waals surface area contributed by atoms with Crippen LogP contribution in [0.15, 0.2) is 24.3 Å². The van der Waals surface area contributed by atoms with E-state index in [2.05, 4.69) is 52.8 Å². The largest absolute Gasteiger partial charge is 0.356 e. The Kier molecular flexibility index (Phi) is 5.49. The number of aryl methyl sites for hydroxylation is 1. The Morgan fingerprint density at radius 1 is 1.40 bits per heavy atom. The van der Waals surface area contributed by atoms with E-state index in [1.54, 1.807) is 0 Å². The van der Waals surface area contributed by atoms with Crippen LogP contribution in [0.25, 0.3) is 0 Å². The molecule has 0 amide bonds. The number of nitrogens with zero attached hydrogens (tertiary/aromatic N) is 2. The molecule has 0 radical (unpaired) electrons. The molecule has 1 heterocycles. The van der Waals surface area contributed by atoms with E-state index in [4.69, 9.17) is 5.73 Å². The molecule has 2 rings (SSSR count). The molecule has 0 fully saturated rings. The molecule has 0 aliphatic carbocycles. The van der Waals surface area contributed by atoms with Crippen molar-refractivity contribution in [3.8, 4) is 0 Å². The van der Waals surface area contributed by atoms with Crippen molar-refractivity contribution in [2.45, 2.75) is 39.2 Å². The van der Waals surface area contributed by atoms with Gasteiger partial charge in [-0.2, -0.15) is 4.37 Å². The predicted octanol–water partition coefficient (Wildman–Crippen LogP) is 2.98. The monoisotopic (exact) mass is 290 g/mol. The highest BCUT2D eigenvalue weighted by atomic mass is 32.1. The topological polar surface area (TPSA) is 63.8 Å². The standard InChI is InChI=1S/C15H22N4S/c1-3-5-13(10-16)17-15-18-14(19-20-15)9-12-7-4-6-11(2)8-12/h4,6-8,13H,3,5,9-10,16H2,1-2H3,(H,17,18,19). The first-order valence-electron chi connectivity index (χ1n) is 7.06. The summed E-state index contributed by atoms with van der Waals surface area (Å²) in [5.74, 6) is 0.871. The molecule has 0 spiro atoms. The summed E-state index contributed by atoms with van der Waals surface area (Å²) in [7, 11) is 0. The summed E-state index contributed by atoms with van der Waals surface area (Å²) in [6, 6.07) is 8.75. The van der Waals surface area contributed by atoms with Crippen molar-refractivity contribution in [1.82, 2.24) is 9.36 Å². The average molecular weight is 290 g/mol. The molecule has 3 N–H and O–H groups in total. The molecule has 1 atom stereocenters. The van der Waals surface area contributed by atoms with Crippen LogP contribution in [-0.2, 0) is 6.42 Å². The third-order valence-electron chi connectivity index (χ3n) is 3.16. The maximum atomic E-state index is 5.75. The second kappa shape index (κ2) is 7.36. The normalized spacial score (nSPS) is 12.3. The van der Waals surface area contributed by atoms with Gasteiger partial charge in [-0.3, -0.25) is 0 Å². The third kappa shape index (κ3) is 4.28. The molecule has 1 aromatic carbocycles. The van der Waals surface area contributed by atoms with Crippen LogP contribution in [0.1, 0.15) is 36.7 Å². The van der Waals surface area contributed by atoms with Crippen molar-refractivity contribution < 1.29 is 0 Å². The van der Waals surface area contributed by atoms with E-state index in [9.17, 15) is 0 Å². The number of benzene rings is 1. The first kappa shape index (κ1) is 14.9. The van der Waals surface area contributed by atoms with Crippen LogP contribution in [0, 0.1) is 6.92 Å². The van der Waals surface area contributed by atoms with Crippen molar-refractivity contribution in [2.24, 2.45) is 5.73 Å². The zero-order valence-corrected chi connectivity index (χ0v) is 12.9. The van der Waals surface area contributed by atoms with Crippen molar-refractivity contribution in [3.63, 3.8) is 0 Å². The van der Waals surface area contributed by atoms with Gasteiger partial charge < -0.3 is 11.1 Å². The fraction of sp³-hybridized carbons (Fsp3) is 0.467. The molecule has 2 aromatic rings. The predicted molar refractivity (Wildman–Crippen MR) is 85.3 cm³/mol. The van der Waals surface area contributed by atoms with Gasteiger partial charge in [-0.25, -0.2) is 4.98 Å². The van der Waals surface area contributed by atoms with Gasteiger partial charge in [0.1, 0.15) is 5.82 Å². The van der Waals surface area contributed by atoms with Gasteiger partial charge in [0, 0.05) is 30.5 Å². The first-order chi connectivity index (χ1) is 9.71. The zero-order valence-electron chi connectivity index (χ0n) is 12.1. The van der Waals surface area contributed by atoms with Crippen molar-refractivity contribution in [2.75, 3.05) is 11.9 Å². The molecule has 0 saturated carbocycles. The van der Waals surface area contributed by atoms with Gasteiger partial charge in [0.05, 0.1) is 0 Å². The number of anilines is 1. The second-order valence-electron chi connectivity index (χ2n) is 5.05. The lowest BCUT2D eigenvalue weighted by Gasteiger charge is -2.13. The van der Waals surface area contributed by atoms with Crippen LogP contribution in [0.5, 0.6) is 0 Å². The van der Waals surface area contributed by atoms with Crippen LogP contribution in [0.4, 0.5) is 5.13 Å². The minimum atomic E-state index is 0.291. The maximum Gasteiger partial charge on any atom is 0.202 e. The lowest BCUT2D eigenvalue weighted by Crippen LogP contribution is -2.28. The highest BCUT2D eigenvalue weighted by Crippen LogP contribution is 2.16.